The fourth-order valence-corrected chi connectivity index (χ4v) is 2.82. The Kier molecular flexibility index (Phi) is 5.83. The Bertz CT molecular complexity index is 684. The second-order valence-electron chi connectivity index (χ2n) is 5.66. The monoisotopic (exact) mass is 333 g/mol. The fraction of sp³-hybridized carbons (Fsp3) is 0.444. The molecule has 0 aliphatic rings. The molecule has 0 fully saturated rings. The number of hydrogen-bond donors (Lipinski definition) is 1. The molecule has 2 rings (SSSR count). The summed E-state index contributed by atoms with van der Waals surface area (Å²) in [6.07, 6.45) is 2.04. The zero-order chi connectivity index (χ0) is 17.0. The number of anilines is 1. The van der Waals surface area contributed by atoms with E-state index in [-0.39, 0.29) is 0 Å². The molecule has 0 atom stereocenters. The molecule has 23 heavy (non-hydrogen) atoms. The van der Waals surface area contributed by atoms with E-state index in [9.17, 15) is 0 Å². The summed E-state index contributed by atoms with van der Waals surface area (Å²) in [6.45, 7) is 8.25. The van der Waals surface area contributed by atoms with Crippen molar-refractivity contribution in [1.82, 2.24) is 9.97 Å². The molecule has 5 heteroatoms. The van der Waals surface area contributed by atoms with Crippen LogP contribution < -0.4 is 10.1 Å². The average Bonchev–Trinajstić information content (AvgIpc) is 2.53. The molecule has 0 spiro atoms. The maximum Gasteiger partial charge on any atom is 0.257 e. The van der Waals surface area contributed by atoms with Gasteiger partial charge in [0.05, 0.1) is 23.5 Å². The van der Waals surface area contributed by atoms with Crippen LogP contribution in [0.1, 0.15) is 37.9 Å². The quantitative estimate of drug-likeness (QED) is 0.806. The van der Waals surface area contributed by atoms with Gasteiger partial charge in [-0.3, -0.25) is 0 Å². The number of benzene rings is 1. The van der Waals surface area contributed by atoms with Crippen LogP contribution in [0.15, 0.2) is 18.2 Å². The smallest absolute Gasteiger partial charge is 0.257 e. The third-order valence-electron chi connectivity index (χ3n) is 3.94. The number of aromatic nitrogens is 2. The summed E-state index contributed by atoms with van der Waals surface area (Å²) in [5.41, 5.74) is 3.56. The van der Waals surface area contributed by atoms with E-state index in [2.05, 4.69) is 29.1 Å². The van der Waals surface area contributed by atoms with Gasteiger partial charge in [-0.15, -0.1) is 0 Å². The Morgan fingerprint density at radius 2 is 1.87 bits per heavy atom. The highest BCUT2D eigenvalue weighted by molar-refractivity contribution is 6.33. The molecule has 0 bridgehead atoms. The second-order valence-corrected chi connectivity index (χ2v) is 6.06. The summed E-state index contributed by atoms with van der Waals surface area (Å²) >= 11 is 6.38. The molecule has 0 unspecified atom stereocenters. The van der Waals surface area contributed by atoms with Gasteiger partial charge in [0.2, 0.25) is 0 Å². The first-order valence-electron chi connectivity index (χ1n) is 7.95. The van der Waals surface area contributed by atoms with Gasteiger partial charge in [0.25, 0.3) is 5.88 Å². The number of nitrogens with one attached hydrogen (secondary N) is 1. The minimum Gasteiger partial charge on any atom is -0.478 e. The van der Waals surface area contributed by atoms with Gasteiger partial charge in [-0.05, 0) is 38.3 Å². The van der Waals surface area contributed by atoms with E-state index in [0.29, 0.717) is 22.8 Å². The fourth-order valence-electron chi connectivity index (χ4n) is 2.49. The predicted molar refractivity (Wildman–Crippen MR) is 96.5 cm³/mol. The van der Waals surface area contributed by atoms with Crippen LogP contribution in [-0.2, 0) is 0 Å². The Balaban J connectivity index is 2.47. The minimum atomic E-state index is 0.353. The van der Waals surface area contributed by atoms with Crippen molar-refractivity contribution in [3.05, 3.63) is 34.5 Å². The maximum atomic E-state index is 6.38. The van der Waals surface area contributed by atoms with Crippen LogP contribution in [0.4, 0.5) is 5.82 Å². The topological polar surface area (TPSA) is 47.0 Å². The number of rotatable bonds is 6. The SMILES string of the molecule is CCC(CC)Nc1nc(C)c(-c2ccc(C)cc2Cl)nc1OC. The second kappa shape index (κ2) is 7.64. The van der Waals surface area contributed by atoms with Gasteiger partial charge in [-0.2, -0.15) is 0 Å². The number of methoxy groups -OCH3 is 1. The third kappa shape index (κ3) is 3.94. The van der Waals surface area contributed by atoms with E-state index in [0.717, 1.165) is 35.4 Å². The van der Waals surface area contributed by atoms with Crippen molar-refractivity contribution in [2.75, 3.05) is 12.4 Å². The zero-order valence-corrected chi connectivity index (χ0v) is 15.2. The Morgan fingerprint density at radius 3 is 2.43 bits per heavy atom. The van der Waals surface area contributed by atoms with Crippen LogP contribution in [0.25, 0.3) is 11.3 Å². The van der Waals surface area contributed by atoms with Crippen LogP contribution in [0.5, 0.6) is 5.88 Å². The Hall–Kier alpha value is -1.81. The van der Waals surface area contributed by atoms with Gasteiger partial charge < -0.3 is 10.1 Å². The van der Waals surface area contributed by atoms with Crippen molar-refractivity contribution in [2.24, 2.45) is 0 Å². The standard InChI is InChI=1S/C18H24ClN3O/c1-6-13(7-2)21-17-18(23-5)22-16(12(4)20-17)14-9-8-11(3)10-15(14)19/h8-10,13H,6-7H2,1-5H3,(H,20,21). The molecule has 124 valence electrons. The molecular weight excluding hydrogens is 310 g/mol. The van der Waals surface area contributed by atoms with Crippen LogP contribution in [0.3, 0.4) is 0 Å². The molecule has 0 amide bonds. The molecule has 0 aliphatic carbocycles. The molecule has 4 nitrogen and oxygen atoms in total. The van der Waals surface area contributed by atoms with Crippen molar-refractivity contribution >= 4 is 17.4 Å². The van der Waals surface area contributed by atoms with Crippen LogP contribution in [0, 0.1) is 13.8 Å². The van der Waals surface area contributed by atoms with Crippen LogP contribution in [-0.4, -0.2) is 23.1 Å². The van der Waals surface area contributed by atoms with Crippen LogP contribution in [0.2, 0.25) is 5.02 Å². The number of hydrogen-bond acceptors (Lipinski definition) is 4. The predicted octanol–water partition coefficient (Wildman–Crippen LogP) is 5.02. The lowest BCUT2D eigenvalue weighted by atomic mass is 10.1. The summed E-state index contributed by atoms with van der Waals surface area (Å²) in [6, 6.07) is 6.28. The molecule has 1 heterocycles. The van der Waals surface area contributed by atoms with Crippen LogP contribution >= 0.6 is 11.6 Å². The normalized spacial score (nSPS) is 10.9. The van der Waals surface area contributed by atoms with Crippen molar-refractivity contribution in [3.8, 4) is 17.1 Å². The molecule has 1 aromatic heterocycles. The van der Waals surface area contributed by atoms with Gasteiger partial charge >= 0.3 is 0 Å². The van der Waals surface area contributed by atoms with E-state index < -0.39 is 0 Å². The summed E-state index contributed by atoms with van der Waals surface area (Å²) in [5.74, 6) is 1.18. The van der Waals surface area contributed by atoms with Gasteiger partial charge in [-0.25, -0.2) is 9.97 Å². The summed E-state index contributed by atoms with van der Waals surface area (Å²) in [5, 5.41) is 4.08. The number of ether oxygens (including phenoxy) is 1. The Morgan fingerprint density at radius 1 is 1.17 bits per heavy atom. The number of nitrogens with zero attached hydrogens (tertiary/aromatic N) is 2. The molecule has 2 aromatic rings. The lowest BCUT2D eigenvalue weighted by Crippen LogP contribution is -2.19. The van der Waals surface area contributed by atoms with E-state index in [1.807, 2.05) is 32.0 Å². The third-order valence-corrected chi connectivity index (χ3v) is 4.25. The lowest BCUT2D eigenvalue weighted by Gasteiger charge is -2.18. The molecule has 0 saturated carbocycles. The molecule has 0 radical (unpaired) electrons. The highest BCUT2D eigenvalue weighted by Gasteiger charge is 2.17. The minimum absolute atomic E-state index is 0.353. The number of halogens is 1. The van der Waals surface area contributed by atoms with Crippen molar-refractivity contribution in [2.45, 2.75) is 46.6 Å². The van der Waals surface area contributed by atoms with E-state index in [1.54, 1.807) is 7.11 Å². The average molecular weight is 334 g/mol. The first kappa shape index (κ1) is 17.5. The van der Waals surface area contributed by atoms with Crippen molar-refractivity contribution in [3.63, 3.8) is 0 Å². The van der Waals surface area contributed by atoms with E-state index in [4.69, 9.17) is 16.3 Å². The highest BCUT2D eigenvalue weighted by atomic mass is 35.5. The Labute approximate surface area is 143 Å². The highest BCUT2D eigenvalue weighted by Crippen LogP contribution is 2.32. The van der Waals surface area contributed by atoms with E-state index in [1.165, 1.54) is 0 Å². The first-order valence-corrected chi connectivity index (χ1v) is 8.33. The zero-order valence-electron chi connectivity index (χ0n) is 14.4. The molecular formula is C18H24ClN3O. The summed E-state index contributed by atoms with van der Waals surface area (Å²) in [4.78, 5) is 9.30. The van der Waals surface area contributed by atoms with Gasteiger partial charge in [0.1, 0.15) is 0 Å². The molecule has 0 saturated heterocycles. The summed E-state index contributed by atoms with van der Waals surface area (Å²) < 4.78 is 5.44. The maximum absolute atomic E-state index is 6.38. The lowest BCUT2D eigenvalue weighted by molar-refractivity contribution is 0.397. The van der Waals surface area contributed by atoms with Crippen molar-refractivity contribution < 1.29 is 4.74 Å². The van der Waals surface area contributed by atoms with Gasteiger partial charge in [0.15, 0.2) is 5.82 Å². The first-order chi connectivity index (χ1) is 11.0. The van der Waals surface area contributed by atoms with Crippen molar-refractivity contribution in [1.29, 1.82) is 0 Å². The largest absolute Gasteiger partial charge is 0.478 e. The van der Waals surface area contributed by atoms with Gasteiger partial charge in [0, 0.05) is 11.6 Å². The van der Waals surface area contributed by atoms with Gasteiger partial charge in [-0.1, -0.05) is 37.6 Å². The molecule has 1 aromatic carbocycles. The molecule has 1 N–H and O–H groups in total. The van der Waals surface area contributed by atoms with E-state index >= 15 is 0 Å². The summed E-state index contributed by atoms with van der Waals surface area (Å²) in [7, 11) is 1.61. The molecule has 0 aliphatic heterocycles. The number of aryl methyl sites for hydroxylation is 2.